The number of benzene rings is 2. The highest BCUT2D eigenvalue weighted by molar-refractivity contribution is 6.30. The van der Waals surface area contributed by atoms with Gasteiger partial charge in [0.2, 0.25) is 0 Å². The topological polar surface area (TPSA) is 0 Å². The lowest BCUT2D eigenvalue weighted by molar-refractivity contribution is 0.625. The Balaban J connectivity index is 2.34. The van der Waals surface area contributed by atoms with E-state index in [1.165, 1.54) is 33.4 Å². The highest BCUT2D eigenvalue weighted by Gasteiger charge is 2.33. The Bertz CT molecular complexity index is 773. The summed E-state index contributed by atoms with van der Waals surface area (Å²) in [5, 5.41) is 0.800. The van der Waals surface area contributed by atoms with Crippen molar-refractivity contribution < 1.29 is 0 Å². The zero-order chi connectivity index (χ0) is 15.9. The molecule has 22 heavy (non-hydrogen) atoms. The highest BCUT2D eigenvalue weighted by Crippen LogP contribution is 2.46. The Morgan fingerprint density at radius 2 is 1.64 bits per heavy atom. The van der Waals surface area contributed by atoms with Crippen LogP contribution in [0.5, 0.6) is 0 Å². The van der Waals surface area contributed by atoms with Crippen molar-refractivity contribution in [2.45, 2.75) is 33.1 Å². The van der Waals surface area contributed by atoms with Gasteiger partial charge in [0.25, 0.3) is 0 Å². The van der Waals surface area contributed by atoms with Crippen LogP contribution in [0, 0.1) is 0 Å². The first-order chi connectivity index (χ1) is 10.4. The fourth-order valence-electron chi connectivity index (χ4n) is 3.44. The number of rotatable bonds is 1. The van der Waals surface area contributed by atoms with Gasteiger partial charge < -0.3 is 0 Å². The molecule has 0 aromatic heterocycles. The summed E-state index contributed by atoms with van der Waals surface area (Å²) < 4.78 is 0. The summed E-state index contributed by atoms with van der Waals surface area (Å²) in [6.45, 7) is 8.93. The largest absolute Gasteiger partial charge is 0.0843 e. The summed E-state index contributed by atoms with van der Waals surface area (Å²) in [6, 6.07) is 16.8. The second kappa shape index (κ2) is 5.44. The Labute approximate surface area is 138 Å². The van der Waals surface area contributed by atoms with E-state index in [0.29, 0.717) is 0 Å². The molecule has 0 bridgehead atoms. The molecule has 0 N–H and O–H groups in total. The molecular weight excluding hydrogens is 288 g/mol. The first kappa shape index (κ1) is 15.1. The average Bonchev–Trinajstić information content (AvgIpc) is 2.48. The van der Waals surface area contributed by atoms with E-state index in [1.807, 2.05) is 6.07 Å². The Morgan fingerprint density at radius 3 is 2.27 bits per heavy atom. The minimum absolute atomic E-state index is 0.0304. The minimum atomic E-state index is -0.0304. The van der Waals surface area contributed by atoms with Crippen LogP contribution in [-0.2, 0) is 5.41 Å². The molecule has 0 aliphatic heterocycles. The third-order valence-electron chi connectivity index (χ3n) is 4.53. The van der Waals surface area contributed by atoms with E-state index in [4.69, 9.17) is 11.6 Å². The second-order valence-electron chi connectivity index (χ2n) is 6.65. The fraction of sp³-hybridized carbons (Fsp3) is 0.238. The van der Waals surface area contributed by atoms with E-state index in [9.17, 15) is 0 Å². The van der Waals surface area contributed by atoms with Crippen LogP contribution in [0.15, 0.2) is 65.8 Å². The van der Waals surface area contributed by atoms with E-state index >= 15 is 0 Å². The predicted molar refractivity (Wildman–Crippen MR) is 96.4 cm³/mol. The fourth-order valence-corrected chi connectivity index (χ4v) is 3.61. The maximum atomic E-state index is 6.29. The molecule has 0 heterocycles. The van der Waals surface area contributed by atoms with Gasteiger partial charge >= 0.3 is 0 Å². The van der Waals surface area contributed by atoms with Crippen molar-refractivity contribution in [2.75, 3.05) is 0 Å². The number of hydrogen-bond acceptors (Lipinski definition) is 0. The van der Waals surface area contributed by atoms with Crippen molar-refractivity contribution in [2.24, 2.45) is 0 Å². The van der Waals surface area contributed by atoms with E-state index in [2.05, 4.69) is 76.2 Å². The predicted octanol–water partition coefficient (Wildman–Crippen LogP) is 6.40. The maximum absolute atomic E-state index is 6.29. The van der Waals surface area contributed by atoms with Crippen LogP contribution in [0.25, 0.3) is 5.57 Å². The van der Waals surface area contributed by atoms with Gasteiger partial charge in [-0.3, -0.25) is 0 Å². The highest BCUT2D eigenvalue weighted by atomic mass is 35.5. The van der Waals surface area contributed by atoms with Crippen molar-refractivity contribution in [3.63, 3.8) is 0 Å². The van der Waals surface area contributed by atoms with Crippen LogP contribution in [-0.4, -0.2) is 0 Å². The van der Waals surface area contributed by atoms with E-state index in [0.717, 1.165) is 5.02 Å². The molecule has 0 nitrogen and oxygen atoms in total. The standard InChI is InChI=1S/C21H21Cl/c1-14(2)19-13-18(15-8-6-5-7-9-15)17-11-10-16(22)12-20(17)21(19,3)4/h5-13H,1-4H3. The Hall–Kier alpha value is -1.79. The van der Waals surface area contributed by atoms with Gasteiger partial charge in [-0.2, -0.15) is 0 Å². The molecule has 0 saturated carbocycles. The summed E-state index contributed by atoms with van der Waals surface area (Å²) in [7, 11) is 0. The van der Waals surface area contributed by atoms with Gasteiger partial charge in [-0.25, -0.2) is 0 Å². The normalized spacial score (nSPS) is 16.0. The molecule has 2 aromatic rings. The third-order valence-corrected chi connectivity index (χ3v) is 4.77. The molecule has 1 heteroatoms. The Morgan fingerprint density at radius 1 is 0.955 bits per heavy atom. The van der Waals surface area contributed by atoms with Crippen LogP contribution in [0.1, 0.15) is 44.4 Å². The lowest BCUT2D eigenvalue weighted by Crippen LogP contribution is -2.25. The molecule has 3 rings (SSSR count). The van der Waals surface area contributed by atoms with Gasteiger partial charge in [-0.05, 0) is 59.9 Å². The summed E-state index contributed by atoms with van der Waals surface area (Å²) in [4.78, 5) is 0. The molecule has 0 fully saturated rings. The van der Waals surface area contributed by atoms with Crippen LogP contribution >= 0.6 is 11.6 Å². The molecule has 0 amide bonds. The van der Waals surface area contributed by atoms with Gasteiger partial charge in [-0.15, -0.1) is 0 Å². The first-order valence-corrected chi connectivity index (χ1v) is 8.04. The molecule has 1 aliphatic rings. The quantitative estimate of drug-likeness (QED) is 0.572. The molecule has 1 aliphatic carbocycles. The zero-order valence-corrected chi connectivity index (χ0v) is 14.3. The lowest BCUT2D eigenvalue weighted by Gasteiger charge is -2.36. The van der Waals surface area contributed by atoms with Gasteiger partial charge in [0.05, 0.1) is 0 Å². The van der Waals surface area contributed by atoms with Crippen molar-refractivity contribution in [1.82, 2.24) is 0 Å². The SMILES string of the molecule is CC(C)=C1C=C(c2ccccc2)c2ccc(Cl)cc2C1(C)C. The monoisotopic (exact) mass is 308 g/mol. The molecule has 0 spiro atoms. The number of fused-ring (bicyclic) bond motifs is 1. The van der Waals surface area contributed by atoms with Crippen LogP contribution in [0.4, 0.5) is 0 Å². The molecule has 0 saturated heterocycles. The maximum Gasteiger partial charge on any atom is 0.0409 e. The van der Waals surface area contributed by atoms with Crippen molar-refractivity contribution in [3.05, 3.63) is 87.5 Å². The molecule has 0 radical (unpaired) electrons. The number of hydrogen-bond donors (Lipinski definition) is 0. The van der Waals surface area contributed by atoms with Crippen LogP contribution < -0.4 is 0 Å². The average molecular weight is 309 g/mol. The van der Waals surface area contributed by atoms with Gasteiger partial charge in [0, 0.05) is 10.4 Å². The molecule has 2 aromatic carbocycles. The Kier molecular flexibility index (Phi) is 3.74. The van der Waals surface area contributed by atoms with E-state index in [1.54, 1.807) is 0 Å². The van der Waals surface area contributed by atoms with E-state index < -0.39 is 0 Å². The number of halogens is 1. The summed E-state index contributed by atoms with van der Waals surface area (Å²) in [5.41, 5.74) is 7.81. The number of allylic oxidation sites excluding steroid dienone is 3. The molecule has 112 valence electrons. The van der Waals surface area contributed by atoms with Crippen molar-refractivity contribution in [3.8, 4) is 0 Å². The van der Waals surface area contributed by atoms with Gasteiger partial charge in [0.1, 0.15) is 0 Å². The first-order valence-electron chi connectivity index (χ1n) is 7.67. The molecular formula is C21H21Cl. The van der Waals surface area contributed by atoms with Gasteiger partial charge in [0.15, 0.2) is 0 Å². The summed E-state index contributed by atoms with van der Waals surface area (Å²) in [6.07, 6.45) is 2.35. The van der Waals surface area contributed by atoms with Crippen LogP contribution in [0.3, 0.4) is 0 Å². The molecule has 0 atom stereocenters. The summed E-state index contributed by atoms with van der Waals surface area (Å²) in [5.74, 6) is 0. The van der Waals surface area contributed by atoms with Crippen molar-refractivity contribution in [1.29, 1.82) is 0 Å². The summed E-state index contributed by atoms with van der Waals surface area (Å²) >= 11 is 6.29. The second-order valence-corrected chi connectivity index (χ2v) is 7.09. The van der Waals surface area contributed by atoms with Crippen molar-refractivity contribution >= 4 is 17.2 Å². The smallest absolute Gasteiger partial charge is 0.0409 e. The van der Waals surface area contributed by atoms with Gasteiger partial charge in [-0.1, -0.05) is 67.4 Å². The molecule has 0 unspecified atom stereocenters. The zero-order valence-electron chi connectivity index (χ0n) is 13.6. The van der Waals surface area contributed by atoms with E-state index in [-0.39, 0.29) is 5.41 Å². The lowest BCUT2D eigenvalue weighted by atomic mass is 9.68. The van der Waals surface area contributed by atoms with Crippen LogP contribution in [0.2, 0.25) is 5.02 Å². The minimum Gasteiger partial charge on any atom is -0.0843 e. The third kappa shape index (κ3) is 2.42.